The Labute approximate surface area is 62.9 Å². The maximum Gasteiger partial charge on any atom is 0.506 e. The summed E-state index contributed by atoms with van der Waals surface area (Å²) in [5, 5.41) is 6.38. The minimum Gasteiger partial charge on any atom is -0.353 e. The Morgan fingerprint density at radius 2 is 1.91 bits per heavy atom. The van der Waals surface area contributed by atoms with Gasteiger partial charge in [-0.2, -0.15) is 0 Å². The summed E-state index contributed by atoms with van der Waals surface area (Å²) in [5.74, 6) is -1.06. The third kappa shape index (κ3) is 5.15. The SMILES string of the molecule is CC(=O)OS(=O)(=O)OC(=N)N. The van der Waals surface area contributed by atoms with Crippen molar-refractivity contribution in [2.24, 2.45) is 5.73 Å². The Hall–Kier alpha value is -1.31. The molecule has 8 heteroatoms. The van der Waals surface area contributed by atoms with Crippen LogP contribution in [0.15, 0.2) is 0 Å². The van der Waals surface area contributed by atoms with Gasteiger partial charge in [-0.1, -0.05) is 0 Å². The lowest BCUT2D eigenvalue weighted by Gasteiger charge is -2.00. The molecule has 11 heavy (non-hydrogen) atoms. The van der Waals surface area contributed by atoms with Crippen LogP contribution in [0, 0.1) is 5.41 Å². The van der Waals surface area contributed by atoms with E-state index in [0.717, 1.165) is 6.92 Å². The number of nitrogens with two attached hydrogens (primary N) is 1. The molecule has 0 saturated carbocycles. The Kier molecular flexibility index (Phi) is 2.81. The fourth-order valence-corrected chi connectivity index (χ4v) is 0.812. The molecule has 0 aromatic carbocycles. The molecule has 0 fully saturated rings. The monoisotopic (exact) mass is 182 g/mol. The van der Waals surface area contributed by atoms with Crippen molar-refractivity contribution >= 4 is 22.4 Å². The second kappa shape index (κ2) is 3.19. The number of hydrogen-bond acceptors (Lipinski definition) is 6. The van der Waals surface area contributed by atoms with Gasteiger partial charge in [0.25, 0.3) is 6.02 Å². The number of amidine groups is 1. The van der Waals surface area contributed by atoms with E-state index in [1.165, 1.54) is 0 Å². The van der Waals surface area contributed by atoms with Crippen LogP contribution in [-0.4, -0.2) is 20.4 Å². The van der Waals surface area contributed by atoms with Crippen molar-refractivity contribution in [3.63, 3.8) is 0 Å². The summed E-state index contributed by atoms with van der Waals surface area (Å²) >= 11 is 0. The molecule has 0 unspecified atom stereocenters. The van der Waals surface area contributed by atoms with Gasteiger partial charge in [0.15, 0.2) is 0 Å². The van der Waals surface area contributed by atoms with E-state index in [1.807, 2.05) is 0 Å². The van der Waals surface area contributed by atoms with E-state index >= 15 is 0 Å². The molecule has 0 atom stereocenters. The van der Waals surface area contributed by atoms with Crippen LogP contribution in [0.3, 0.4) is 0 Å². The first-order valence-corrected chi connectivity index (χ1v) is 3.65. The molecule has 7 nitrogen and oxygen atoms in total. The Morgan fingerprint density at radius 1 is 1.45 bits per heavy atom. The topological polar surface area (TPSA) is 120 Å². The van der Waals surface area contributed by atoms with Gasteiger partial charge in [-0.15, -0.1) is 8.42 Å². The standard InChI is InChI=1S/C3H6N2O5S/c1-2(6)9-11(7,8)10-3(4)5/h1H3,(H3,4,5). The van der Waals surface area contributed by atoms with Crippen molar-refractivity contribution in [2.45, 2.75) is 6.92 Å². The van der Waals surface area contributed by atoms with Crippen LogP contribution in [-0.2, 0) is 23.6 Å². The highest BCUT2D eigenvalue weighted by atomic mass is 32.3. The lowest BCUT2D eigenvalue weighted by molar-refractivity contribution is -0.131. The van der Waals surface area contributed by atoms with Gasteiger partial charge in [0, 0.05) is 6.92 Å². The zero-order chi connectivity index (χ0) is 9.07. The van der Waals surface area contributed by atoms with Crippen LogP contribution < -0.4 is 5.73 Å². The Balaban J connectivity index is 4.25. The smallest absolute Gasteiger partial charge is 0.353 e. The zero-order valence-corrected chi connectivity index (χ0v) is 6.34. The molecule has 0 amide bonds. The highest BCUT2D eigenvalue weighted by Crippen LogP contribution is 1.94. The van der Waals surface area contributed by atoms with E-state index < -0.39 is 22.4 Å². The van der Waals surface area contributed by atoms with Crippen LogP contribution >= 0.6 is 0 Å². The zero-order valence-electron chi connectivity index (χ0n) is 5.53. The molecule has 0 bridgehead atoms. The van der Waals surface area contributed by atoms with Crippen molar-refractivity contribution in [3.8, 4) is 0 Å². The highest BCUT2D eigenvalue weighted by molar-refractivity contribution is 7.82. The van der Waals surface area contributed by atoms with Gasteiger partial charge in [0.1, 0.15) is 0 Å². The molecule has 64 valence electrons. The Bertz CT molecular complexity index is 245. The van der Waals surface area contributed by atoms with Crippen molar-refractivity contribution in [3.05, 3.63) is 0 Å². The molecule has 0 aromatic heterocycles. The molecule has 0 saturated heterocycles. The summed E-state index contributed by atoms with van der Waals surface area (Å²) in [5.41, 5.74) is 4.54. The van der Waals surface area contributed by atoms with Crippen LogP contribution in [0.1, 0.15) is 6.92 Å². The summed E-state index contributed by atoms with van der Waals surface area (Å²) in [6, 6.07) is -1.06. The molecular weight excluding hydrogens is 176 g/mol. The average Bonchev–Trinajstić information content (AvgIpc) is 1.53. The summed E-state index contributed by atoms with van der Waals surface area (Å²) in [7, 11) is -4.48. The van der Waals surface area contributed by atoms with Crippen LogP contribution in [0.5, 0.6) is 0 Å². The third-order valence-corrected chi connectivity index (χ3v) is 1.23. The number of nitrogens with one attached hydrogen (secondary N) is 1. The molecule has 0 aliphatic heterocycles. The number of rotatable bonds is 2. The summed E-state index contributed by atoms with van der Waals surface area (Å²) < 4.78 is 28.0. The van der Waals surface area contributed by atoms with E-state index in [4.69, 9.17) is 5.41 Å². The predicted octanol–water partition coefficient (Wildman–Crippen LogP) is -1.30. The van der Waals surface area contributed by atoms with Crippen LogP contribution in [0.4, 0.5) is 0 Å². The number of hydrogen-bond donors (Lipinski definition) is 2. The van der Waals surface area contributed by atoms with Crippen LogP contribution in [0.25, 0.3) is 0 Å². The fraction of sp³-hybridized carbons (Fsp3) is 0.333. The largest absolute Gasteiger partial charge is 0.506 e. The van der Waals surface area contributed by atoms with Gasteiger partial charge in [-0.25, -0.2) is 0 Å². The molecule has 0 radical (unpaired) electrons. The molecular formula is C3H6N2O5S. The number of carbonyl (C=O) groups is 1. The molecule has 0 heterocycles. The van der Waals surface area contributed by atoms with Crippen molar-refractivity contribution in [2.75, 3.05) is 0 Å². The quantitative estimate of drug-likeness (QED) is 0.404. The second-order valence-corrected chi connectivity index (χ2v) is 2.58. The maximum atomic E-state index is 10.4. The summed E-state index contributed by atoms with van der Waals surface area (Å²) in [4.78, 5) is 10.0. The van der Waals surface area contributed by atoms with Crippen molar-refractivity contribution in [1.82, 2.24) is 0 Å². The minimum atomic E-state index is -4.48. The van der Waals surface area contributed by atoms with Crippen LogP contribution in [0.2, 0.25) is 0 Å². The average molecular weight is 182 g/mol. The number of carbonyl (C=O) groups excluding carboxylic acids is 1. The fourth-order valence-electron chi connectivity index (χ4n) is 0.271. The second-order valence-electron chi connectivity index (χ2n) is 1.43. The third-order valence-electron chi connectivity index (χ3n) is 0.411. The van der Waals surface area contributed by atoms with Gasteiger partial charge >= 0.3 is 16.4 Å². The Morgan fingerprint density at radius 3 is 2.18 bits per heavy atom. The molecule has 0 aliphatic rings. The lowest BCUT2D eigenvalue weighted by atomic mass is 10.9. The normalized spacial score (nSPS) is 10.3. The van der Waals surface area contributed by atoms with Gasteiger partial charge in [-0.05, 0) is 0 Å². The van der Waals surface area contributed by atoms with Gasteiger partial charge < -0.3 is 14.1 Å². The summed E-state index contributed by atoms with van der Waals surface area (Å²) in [6.45, 7) is 0.876. The van der Waals surface area contributed by atoms with E-state index in [9.17, 15) is 13.2 Å². The lowest BCUT2D eigenvalue weighted by Crippen LogP contribution is -2.22. The van der Waals surface area contributed by atoms with Gasteiger partial charge in [-0.3, -0.25) is 10.2 Å². The van der Waals surface area contributed by atoms with Gasteiger partial charge in [0.05, 0.1) is 0 Å². The molecule has 0 aliphatic carbocycles. The minimum absolute atomic E-state index is 0.876. The highest BCUT2D eigenvalue weighted by Gasteiger charge is 2.16. The molecule has 3 N–H and O–H groups in total. The van der Waals surface area contributed by atoms with E-state index in [0.29, 0.717) is 0 Å². The first-order chi connectivity index (χ1) is 4.83. The van der Waals surface area contributed by atoms with Crippen molar-refractivity contribution < 1.29 is 21.6 Å². The van der Waals surface area contributed by atoms with Crippen molar-refractivity contribution in [1.29, 1.82) is 5.41 Å². The molecule has 0 spiro atoms. The first kappa shape index (κ1) is 9.69. The van der Waals surface area contributed by atoms with E-state index in [1.54, 1.807) is 0 Å². The maximum absolute atomic E-state index is 10.4. The first-order valence-electron chi connectivity index (χ1n) is 2.32. The van der Waals surface area contributed by atoms with Gasteiger partial charge in [0.2, 0.25) is 0 Å². The van der Waals surface area contributed by atoms with E-state index in [-0.39, 0.29) is 0 Å². The van der Waals surface area contributed by atoms with E-state index in [2.05, 4.69) is 14.1 Å². The molecule has 0 aromatic rings. The summed E-state index contributed by atoms with van der Waals surface area (Å²) in [6.07, 6.45) is 0. The molecule has 0 rings (SSSR count). The predicted molar refractivity (Wildman–Crippen MR) is 33.7 cm³/mol.